The van der Waals surface area contributed by atoms with Crippen molar-refractivity contribution in [3.8, 4) is 0 Å². The molecule has 0 spiro atoms. The fourth-order valence-electron chi connectivity index (χ4n) is 2.28. The standard InChI is InChI=1S/C15H23N5O/c1-16-15-14(5-4-6-17-15)12-20(7-8-21-3)11-13-9-18-19(2)10-13/h4-6,9-10H,7-8,11-12H2,1-3H3,(H,16,17). The van der Waals surface area contributed by atoms with Gasteiger partial charge in [0.05, 0.1) is 12.8 Å². The van der Waals surface area contributed by atoms with Crippen molar-refractivity contribution >= 4 is 5.82 Å². The third-order valence-electron chi connectivity index (χ3n) is 3.30. The van der Waals surface area contributed by atoms with Gasteiger partial charge in [0.15, 0.2) is 0 Å². The number of ether oxygens (including phenoxy) is 1. The van der Waals surface area contributed by atoms with E-state index in [-0.39, 0.29) is 0 Å². The van der Waals surface area contributed by atoms with Gasteiger partial charge in [-0.1, -0.05) is 6.07 Å². The Morgan fingerprint density at radius 3 is 2.90 bits per heavy atom. The summed E-state index contributed by atoms with van der Waals surface area (Å²) in [6.45, 7) is 3.23. The molecule has 2 rings (SSSR count). The van der Waals surface area contributed by atoms with Gasteiger partial charge in [-0.25, -0.2) is 4.98 Å². The van der Waals surface area contributed by atoms with Crippen LogP contribution in [-0.2, 0) is 24.9 Å². The summed E-state index contributed by atoms with van der Waals surface area (Å²) >= 11 is 0. The molecule has 6 nitrogen and oxygen atoms in total. The van der Waals surface area contributed by atoms with E-state index in [0.29, 0.717) is 6.61 Å². The first-order chi connectivity index (χ1) is 10.2. The predicted octanol–water partition coefficient (Wildman–Crippen LogP) is 1.51. The average molecular weight is 289 g/mol. The zero-order valence-electron chi connectivity index (χ0n) is 12.9. The monoisotopic (exact) mass is 289 g/mol. The summed E-state index contributed by atoms with van der Waals surface area (Å²) in [5, 5.41) is 7.36. The van der Waals surface area contributed by atoms with Gasteiger partial charge in [-0.05, 0) is 6.07 Å². The third kappa shape index (κ3) is 4.54. The minimum atomic E-state index is 0.704. The van der Waals surface area contributed by atoms with Crippen LogP contribution in [0.15, 0.2) is 30.7 Å². The number of pyridine rings is 1. The van der Waals surface area contributed by atoms with Gasteiger partial charge in [0.25, 0.3) is 0 Å². The van der Waals surface area contributed by atoms with Crippen molar-refractivity contribution in [1.29, 1.82) is 0 Å². The van der Waals surface area contributed by atoms with Crippen LogP contribution in [0.2, 0.25) is 0 Å². The molecule has 0 aromatic carbocycles. The molecular formula is C15H23N5O. The SMILES string of the molecule is CNc1ncccc1CN(CCOC)Cc1cnn(C)c1. The zero-order valence-corrected chi connectivity index (χ0v) is 12.9. The molecule has 0 aliphatic carbocycles. The molecule has 1 N–H and O–H groups in total. The van der Waals surface area contributed by atoms with E-state index in [1.165, 1.54) is 11.1 Å². The van der Waals surface area contributed by atoms with Gasteiger partial charge >= 0.3 is 0 Å². The topological polar surface area (TPSA) is 55.2 Å². The first-order valence-electron chi connectivity index (χ1n) is 7.03. The van der Waals surface area contributed by atoms with Crippen LogP contribution in [-0.4, -0.2) is 47.0 Å². The lowest BCUT2D eigenvalue weighted by Gasteiger charge is -2.22. The Bertz CT molecular complexity index is 555. The highest BCUT2D eigenvalue weighted by atomic mass is 16.5. The van der Waals surface area contributed by atoms with Crippen molar-refractivity contribution in [3.63, 3.8) is 0 Å². The number of nitrogens with one attached hydrogen (secondary N) is 1. The van der Waals surface area contributed by atoms with E-state index in [4.69, 9.17) is 4.74 Å². The fourth-order valence-corrected chi connectivity index (χ4v) is 2.28. The number of anilines is 1. The molecule has 114 valence electrons. The number of hydrogen-bond donors (Lipinski definition) is 1. The molecule has 0 saturated carbocycles. The Hall–Kier alpha value is -1.92. The van der Waals surface area contributed by atoms with E-state index < -0.39 is 0 Å². The summed E-state index contributed by atoms with van der Waals surface area (Å²) < 4.78 is 7.04. The van der Waals surface area contributed by atoms with E-state index in [1.807, 2.05) is 37.2 Å². The Kier molecular flexibility index (Phi) is 5.71. The lowest BCUT2D eigenvalue weighted by atomic mass is 10.2. The molecule has 2 heterocycles. The third-order valence-corrected chi connectivity index (χ3v) is 3.30. The Balaban J connectivity index is 2.08. The summed E-state index contributed by atoms with van der Waals surface area (Å²) in [5.41, 5.74) is 2.38. The van der Waals surface area contributed by atoms with Crippen LogP contribution in [0.25, 0.3) is 0 Å². The highest BCUT2D eigenvalue weighted by molar-refractivity contribution is 5.42. The van der Waals surface area contributed by atoms with Crippen LogP contribution < -0.4 is 5.32 Å². The smallest absolute Gasteiger partial charge is 0.130 e. The molecular weight excluding hydrogens is 266 g/mol. The van der Waals surface area contributed by atoms with Crippen LogP contribution in [0.3, 0.4) is 0 Å². The molecule has 0 unspecified atom stereocenters. The molecule has 0 atom stereocenters. The summed E-state index contributed by atoms with van der Waals surface area (Å²) in [6, 6.07) is 4.07. The molecule has 0 bridgehead atoms. The Morgan fingerprint density at radius 2 is 2.24 bits per heavy atom. The van der Waals surface area contributed by atoms with Crippen molar-refractivity contribution in [2.45, 2.75) is 13.1 Å². The number of methoxy groups -OCH3 is 1. The maximum atomic E-state index is 5.22. The quantitative estimate of drug-likeness (QED) is 0.798. The van der Waals surface area contributed by atoms with Gasteiger partial charge in [-0.3, -0.25) is 9.58 Å². The van der Waals surface area contributed by atoms with Crippen molar-refractivity contribution < 1.29 is 4.74 Å². The normalized spacial score (nSPS) is 11.0. The van der Waals surface area contributed by atoms with E-state index in [9.17, 15) is 0 Å². The second-order valence-corrected chi connectivity index (χ2v) is 4.99. The van der Waals surface area contributed by atoms with Crippen LogP contribution in [0.5, 0.6) is 0 Å². The van der Waals surface area contributed by atoms with Crippen LogP contribution in [0.1, 0.15) is 11.1 Å². The number of aryl methyl sites for hydroxylation is 1. The maximum Gasteiger partial charge on any atom is 0.130 e. The van der Waals surface area contributed by atoms with E-state index in [0.717, 1.165) is 25.5 Å². The predicted molar refractivity (Wildman–Crippen MR) is 83.0 cm³/mol. The highest BCUT2D eigenvalue weighted by Crippen LogP contribution is 2.15. The van der Waals surface area contributed by atoms with Gasteiger partial charge in [-0.2, -0.15) is 5.10 Å². The molecule has 0 radical (unpaired) electrons. The number of rotatable bonds is 8. The van der Waals surface area contributed by atoms with Crippen molar-refractivity contribution in [2.75, 3.05) is 32.6 Å². The minimum absolute atomic E-state index is 0.704. The number of hydrogen-bond acceptors (Lipinski definition) is 5. The molecule has 0 amide bonds. The lowest BCUT2D eigenvalue weighted by Crippen LogP contribution is -2.27. The molecule has 0 aliphatic rings. The van der Waals surface area contributed by atoms with Crippen LogP contribution in [0, 0.1) is 0 Å². The van der Waals surface area contributed by atoms with Crippen molar-refractivity contribution in [1.82, 2.24) is 19.7 Å². The average Bonchev–Trinajstić information content (AvgIpc) is 2.90. The van der Waals surface area contributed by atoms with Gasteiger partial charge in [0.2, 0.25) is 0 Å². The van der Waals surface area contributed by atoms with E-state index >= 15 is 0 Å². The van der Waals surface area contributed by atoms with Crippen molar-refractivity contribution in [3.05, 3.63) is 41.9 Å². The van der Waals surface area contributed by atoms with Crippen LogP contribution in [0.4, 0.5) is 5.82 Å². The first-order valence-corrected chi connectivity index (χ1v) is 7.03. The number of nitrogens with zero attached hydrogens (tertiary/aromatic N) is 4. The Morgan fingerprint density at radius 1 is 1.38 bits per heavy atom. The zero-order chi connectivity index (χ0) is 15.1. The largest absolute Gasteiger partial charge is 0.383 e. The summed E-state index contributed by atoms with van der Waals surface area (Å²) in [5.74, 6) is 0.922. The maximum absolute atomic E-state index is 5.22. The van der Waals surface area contributed by atoms with Gasteiger partial charge in [-0.15, -0.1) is 0 Å². The summed E-state index contributed by atoms with van der Waals surface area (Å²) in [6.07, 6.45) is 5.75. The van der Waals surface area contributed by atoms with Gasteiger partial charge in [0.1, 0.15) is 5.82 Å². The number of aromatic nitrogens is 3. The van der Waals surface area contributed by atoms with Crippen molar-refractivity contribution in [2.24, 2.45) is 7.05 Å². The fraction of sp³-hybridized carbons (Fsp3) is 0.467. The highest BCUT2D eigenvalue weighted by Gasteiger charge is 2.11. The molecule has 0 saturated heterocycles. The summed E-state index contributed by atoms with van der Waals surface area (Å²) in [4.78, 5) is 6.69. The molecule has 21 heavy (non-hydrogen) atoms. The molecule has 2 aromatic heterocycles. The van der Waals surface area contributed by atoms with E-state index in [1.54, 1.807) is 13.3 Å². The molecule has 0 fully saturated rings. The van der Waals surface area contributed by atoms with E-state index in [2.05, 4.69) is 26.4 Å². The second-order valence-electron chi connectivity index (χ2n) is 4.99. The van der Waals surface area contributed by atoms with Crippen LogP contribution >= 0.6 is 0 Å². The first kappa shape index (κ1) is 15.5. The van der Waals surface area contributed by atoms with Gasteiger partial charge < -0.3 is 10.1 Å². The molecule has 2 aromatic rings. The second kappa shape index (κ2) is 7.75. The summed E-state index contributed by atoms with van der Waals surface area (Å²) in [7, 11) is 5.56. The lowest BCUT2D eigenvalue weighted by molar-refractivity contribution is 0.140. The van der Waals surface area contributed by atoms with Gasteiger partial charge in [0, 0.05) is 64.4 Å². The molecule has 6 heteroatoms. The Labute approximate surface area is 125 Å². The minimum Gasteiger partial charge on any atom is -0.383 e. The molecule has 0 aliphatic heterocycles.